The van der Waals surface area contributed by atoms with Crippen molar-refractivity contribution in [3.05, 3.63) is 89.6 Å². The molecule has 0 radical (unpaired) electrons. The first-order valence-electron chi connectivity index (χ1n) is 11.5. The smallest absolute Gasteiger partial charge is 0.300 e. The Bertz CT molecular complexity index is 1550. The van der Waals surface area contributed by atoms with E-state index in [0.29, 0.717) is 47.3 Å². The zero-order valence-electron chi connectivity index (χ0n) is 19.4. The first-order valence-corrected chi connectivity index (χ1v) is 11.5. The van der Waals surface area contributed by atoms with E-state index in [4.69, 9.17) is 14.2 Å². The minimum absolute atomic E-state index is 0.00658. The lowest BCUT2D eigenvalue weighted by Gasteiger charge is -2.27. The molecule has 2 aliphatic heterocycles. The number of ether oxygens (including phenoxy) is 3. The molecule has 36 heavy (non-hydrogen) atoms. The molecule has 1 saturated heterocycles. The first kappa shape index (κ1) is 21.8. The van der Waals surface area contributed by atoms with Crippen molar-refractivity contribution in [3.63, 3.8) is 0 Å². The molecule has 180 valence electrons. The van der Waals surface area contributed by atoms with Crippen LogP contribution in [0.25, 0.3) is 16.7 Å². The molecule has 8 heteroatoms. The Morgan fingerprint density at radius 2 is 1.81 bits per heavy atom. The predicted octanol–water partition coefficient (Wildman–Crippen LogP) is 4.57. The predicted molar refractivity (Wildman–Crippen MR) is 134 cm³/mol. The van der Waals surface area contributed by atoms with Gasteiger partial charge < -0.3 is 24.3 Å². The van der Waals surface area contributed by atoms with Crippen LogP contribution in [0.5, 0.6) is 17.2 Å². The van der Waals surface area contributed by atoms with Crippen molar-refractivity contribution in [1.29, 1.82) is 0 Å². The van der Waals surface area contributed by atoms with E-state index in [1.165, 1.54) is 4.90 Å². The van der Waals surface area contributed by atoms with E-state index in [-0.39, 0.29) is 11.3 Å². The standard InChI is InChI=1S/C28H22N2O6/c1-34-18-6-4-5-16(13-18)25-24(26(31)20-15-29-21-8-3-2-7-19(20)21)27(32)28(33)30(25)17-9-10-22-23(14-17)36-12-11-35-22/h2-10,13-15,25,29,31H,11-12H2,1H3/b26-24-. The van der Waals surface area contributed by atoms with Crippen LogP contribution in [0.4, 0.5) is 5.69 Å². The molecule has 3 heterocycles. The highest BCUT2D eigenvalue weighted by atomic mass is 16.6. The SMILES string of the molecule is COc1cccc(C2/C(=C(/O)c3c[nH]c4ccccc34)C(=O)C(=O)N2c2ccc3c(c2)OCCO3)c1. The highest BCUT2D eigenvalue weighted by molar-refractivity contribution is 6.51. The van der Waals surface area contributed by atoms with Crippen molar-refractivity contribution >= 4 is 34.0 Å². The third-order valence-electron chi connectivity index (χ3n) is 6.50. The summed E-state index contributed by atoms with van der Waals surface area (Å²) in [5.41, 5.74) is 2.31. The number of carbonyl (C=O) groups excluding carboxylic acids is 2. The molecule has 0 saturated carbocycles. The second kappa shape index (κ2) is 8.49. The number of para-hydroxylation sites is 1. The van der Waals surface area contributed by atoms with Gasteiger partial charge >= 0.3 is 0 Å². The number of amides is 1. The maximum Gasteiger partial charge on any atom is 0.300 e. The van der Waals surface area contributed by atoms with Crippen molar-refractivity contribution in [2.45, 2.75) is 6.04 Å². The maximum absolute atomic E-state index is 13.5. The number of H-pyrrole nitrogens is 1. The summed E-state index contributed by atoms with van der Waals surface area (Å²) in [5, 5.41) is 12.2. The largest absolute Gasteiger partial charge is 0.507 e. The van der Waals surface area contributed by atoms with Crippen LogP contribution in [-0.2, 0) is 9.59 Å². The number of aliphatic hydroxyl groups excluding tert-OH is 1. The number of aliphatic hydroxyl groups is 1. The number of aromatic nitrogens is 1. The van der Waals surface area contributed by atoms with Gasteiger partial charge in [0.1, 0.15) is 24.7 Å². The number of fused-ring (bicyclic) bond motifs is 2. The second-order valence-electron chi connectivity index (χ2n) is 8.52. The van der Waals surface area contributed by atoms with Gasteiger partial charge in [0, 0.05) is 34.4 Å². The topological polar surface area (TPSA) is 101 Å². The Labute approximate surface area is 206 Å². The molecule has 1 atom stereocenters. The number of Topliss-reactive ketones (excluding diaryl/α,β-unsaturated/α-hetero) is 1. The van der Waals surface area contributed by atoms with Gasteiger partial charge in [0.15, 0.2) is 11.5 Å². The second-order valence-corrected chi connectivity index (χ2v) is 8.52. The number of benzene rings is 3. The van der Waals surface area contributed by atoms with Gasteiger partial charge in [-0.05, 0) is 35.9 Å². The third kappa shape index (κ3) is 3.38. The number of hydrogen-bond donors (Lipinski definition) is 2. The lowest BCUT2D eigenvalue weighted by molar-refractivity contribution is -0.132. The van der Waals surface area contributed by atoms with E-state index >= 15 is 0 Å². The van der Waals surface area contributed by atoms with Gasteiger partial charge in [0.25, 0.3) is 11.7 Å². The molecule has 0 bridgehead atoms. The van der Waals surface area contributed by atoms with Gasteiger partial charge in [-0.1, -0.05) is 30.3 Å². The van der Waals surface area contributed by atoms with Gasteiger partial charge in [-0.25, -0.2) is 0 Å². The lowest BCUT2D eigenvalue weighted by Crippen LogP contribution is -2.29. The lowest BCUT2D eigenvalue weighted by atomic mass is 9.94. The molecule has 1 unspecified atom stereocenters. The summed E-state index contributed by atoms with van der Waals surface area (Å²) in [4.78, 5) is 31.5. The summed E-state index contributed by atoms with van der Waals surface area (Å²) in [6.07, 6.45) is 1.64. The summed E-state index contributed by atoms with van der Waals surface area (Å²) < 4.78 is 16.7. The number of aromatic amines is 1. The number of hydrogen-bond acceptors (Lipinski definition) is 6. The average molecular weight is 482 g/mol. The molecule has 1 aromatic heterocycles. The van der Waals surface area contributed by atoms with Crippen LogP contribution in [0.2, 0.25) is 0 Å². The molecule has 4 aromatic rings. The molecular weight excluding hydrogens is 460 g/mol. The average Bonchev–Trinajstić information content (AvgIpc) is 3.47. The van der Waals surface area contributed by atoms with Gasteiger partial charge in [-0.3, -0.25) is 14.5 Å². The fraction of sp³-hybridized carbons (Fsp3) is 0.143. The number of anilines is 1. The molecule has 8 nitrogen and oxygen atoms in total. The van der Waals surface area contributed by atoms with E-state index in [2.05, 4.69) is 4.98 Å². The molecule has 2 N–H and O–H groups in total. The third-order valence-corrected chi connectivity index (χ3v) is 6.50. The first-order chi connectivity index (χ1) is 17.6. The fourth-order valence-electron chi connectivity index (χ4n) is 4.82. The van der Waals surface area contributed by atoms with Gasteiger partial charge in [-0.2, -0.15) is 0 Å². The van der Waals surface area contributed by atoms with Crippen molar-refractivity contribution < 1.29 is 28.9 Å². The highest BCUT2D eigenvalue weighted by Gasteiger charge is 2.47. The molecule has 2 aliphatic rings. The number of ketones is 1. The van der Waals surface area contributed by atoms with Crippen molar-refractivity contribution in [1.82, 2.24) is 4.98 Å². The van der Waals surface area contributed by atoms with Crippen LogP contribution in [0, 0.1) is 0 Å². The van der Waals surface area contributed by atoms with E-state index < -0.39 is 17.7 Å². The minimum atomic E-state index is -0.892. The van der Waals surface area contributed by atoms with E-state index in [0.717, 1.165) is 10.9 Å². The quantitative estimate of drug-likeness (QED) is 0.251. The number of carbonyl (C=O) groups is 2. The van der Waals surface area contributed by atoms with E-state index in [1.807, 2.05) is 24.3 Å². The Kier molecular flexibility index (Phi) is 5.14. The van der Waals surface area contributed by atoms with Crippen LogP contribution < -0.4 is 19.1 Å². The zero-order chi connectivity index (χ0) is 24.8. The zero-order valence-corrected chi connectivity index (χ0v) is 19.4. The van der Waals surface area contributed by atoms with Crippen LogP contribution in [0.1, 0.15) is 17.2 Å². The minimum Gasteiger partial charge on any atom is -0.507 e. The van der Waals surface area contributed by atoms with Crippen molar-refractivity contribution in [3.8, 4) is 17.2 Å². The molecule has 1 amide bonds. The van der Waals surface area contributed by atoms with Crippen LogP contribution in [0.15, 0.2) is 78.5 Å². The Morgan fingerprint density at radius 3 is 2.64 bits per heavy atom. The Hall–Kier alpha value is -4.72. The molecule has 1 fully saturated rings. The van der Waals surface area contributed by atoms with E-state index in [1.54, 1.807) is 55.8 Å². The highest BCUT2D eigenvalue weighted by Crippen LogP contribution is 2.45. The number of nitrogens with one attached hydrogen (secondary N) is 1. The molecule has 6 rings (SSSR count). The molecular formula is C28H22N2O6. The summed E-state index contributed by atoms with van der Waals surface area (Å²) in [7, 11) is 1.54. The summed E-state index contributed by atoms with van der Waals surface area (Å²) in [6.45, 7) is 0.820. The molecule has 0 spiro atoms. The summed E-state index contributed by atoms with van der Waals surface area (Å²) in [6, 6.07) is 18.8. The van der Waals surface area contributed by atoms with Crippen LogP contribution >= 0.6 is 0 Å². The van der Waals surface area contributed by atoms with Crippen molar-refractivity contribution in [2.24, 2.45) is 0 Å². The number of nitrogens with zero attached hydrogens (tertiary/aromatic N) is 1. The maximum atomic E-state index is 13.5. The monoisotopic (exact) mass is 482 g/mol. The van der Waals surface area contributed by atoms with Gasteiger partial charge in [0.05, 0.1) is 18.7 Å². The Morgan fingerprint density at radius 1 is 1.00 bits per heavy atom. The molecule has 3 aromatic carbocycles. The number of methoxy groups -OCH3 is 1. The molecule has 0 aliphatic carbocycles. The number of rotatable bonds is 4. The van der Waals surface area contributed by atoms with Crippen LogP contribution in [-0.4, -0.2) is 42.1 Å². The van der Waals surface area contributed by atoms with Gasteiger partial charge in [0.2, 0.25) is 0 Å². The normalized spacial score (nSPS) is 18.6. The van der Waals surface area contributed by atoms with Crippen molar-refractivity contribution in [2.75, 3.05) is 25.2 Å². The van der Waals surface area contributed by atoms with E-state index in [9.17, 15) is 14.7 Å². The Balaban J connectivity index is 1.57. The van der Waals surface area contributed by atoms with Gasteiger partial charge in [-0.15, -0.1) is 0 Å². The van der Waals surface area contributed by atoms with Crippen LogP contribution in [0.3, 0.4) is 0 Å². The summed E-state index contributed by atoms with van der Waals surface area (Å²) >= 11 is 0. The fourth-order valence-corrected chi connectivity index (χ4v) is 4.82. The summed E-state index contributed by atoms with van der Waals surface area (Å²) in [5.74, 6) is -0.160.